The lowest BCUT2D eigenvalue weighted by Crippen LogP contribution is -2.21. The second-order valence-electron chi connectivity index (χ2n) is 3.58. The molecule has 0 aliphatic heterocycles. The number of nitrogens with two attached hydrogens (primary N) is 2. The van der Waals surface area contributed by atoms with E-state index in [9.17, 15) is 13.2 Å². The van der Waals surface area contributed by atoms with Gasteiger partial charge in [0, 0.05) is 0 Å². The summed E-state index contributed by atoms with van der Waals surface area (Å²) in [6.07, 6.45) is -3.10. The largest absolute Gasteiger partial charge is 0.493 e. The molecule has 0 aliphatic carbocycles. The summed E-state index contributed by atoms with van der Waals surface area (Å²) < 4.78 is 45.8. The Balaban J connectivity index is 2.85. The summed E-state index contributed by atoms with van der Waals surface area (Å²) in [4.78, 5) is 0. The quantitative estimate of drug-likeness (QED) is 0.484. The van der Waals surface area contributed by atoms with E-state index in [0.717, 1.165) is 0 Å². The first-order valence-corrected chi connectivity index (χ1v) is 5.31. The molecule has 1 rings (SSSR count). The topological polar surface area (TPSA) is 95.2 Å². The van der Waals surface area contributed by atoms with Crippen molar-refractivity contribution in [2.75, 3.05) is 13.7 Å². The van der Waals surface area contributed by atoms with Gasteiger partial charge in [-0.1, -0.05) is 0 Å². The van der Waals surface area contributed by atoms with Gasteiger partial charge in [-0.25, -0.2) is 0 Å². The van der Waals surface area contributed by atoms with E-state index >= 15 is 0 Å². The number of halogens is 3. The highest BCUT2D eigenvalue weighted by Crippen LogP contribution is 2.29. The van der Waals surface area contributed by atoms with E-state index in [2.05, 4.69) is 14.9 Å². The maximum atomic E-state index is 12.1. The third kappa shape index (κ3) is 5.46. The summed E-state index contributed by atoms with van der Waals surface area (Å²) in [5.41, 5.74) is 10.7. The van der Waals surface area contributed by atoms with Crippen molar-refractivity contribution in [1.29, 1.82) is 0 Å². The van der Waals surface area contributed by atoms with Crippen molar-refractivity contribution in [3.05, 3.63) is 23.8 Å². The molecule has 20 heavy (non-hydrogen) atoms. The molecule has 110 valence electrons. The SMILES string of the molecule is COc1cc(C=NN=C(N)N)ccc1OCC(F)(F)F. The van der Waals surface area contributed by atoms with Crippen molar-refractivity contribution in [3.63, 3.8) is 0 Å². The average molecular weight is 290 g/mol. The summed E-state index contributed by atoms with van der Waals surface area (Å²) in [6, 6.07) is 4.26. The molecule has 9 heteroatoms. The molecule has 0 amide bonds. The van der Waals surface area contributed by atoms with Crippen LogP contribution in [0.1, 0.15) is 5.56 Å². The van der Waals surface area contributed by atoms with Gasteiger partial charge in [-0.3, -0.25) is 0 Å². The number of hydrogen-bond donors (Lipinski definition) is 2. The lowest BCUT2D eigenvalue weighted by Gasteiger charge is -2.12. The van der Waals surface area contributed by atoms with E-state index in [-0.39, 0.29) is 17.5 Å². The highest BCUT2D eigenvalue weighted by molar-refractivity contribution is 5.82. The van der Waals surface area contributed by atoms with Crippen LogP contribution in [-0.2, 0) is 0 Å². The van der Waals surface area contributed by atoms with Gasteiger partial charge >= 0.3 is 6.18 Å². The fraction of sp³-hybridized carbons (Fsp3) is 0.273. The maximum Gasteiger partial charge on any atom is 0.422 e. The predicted molar refractivity (Wildman–Crippen MR) is 67.9 cm³/mol. The van der Waals surface area contributed by atoms with E-state index in [1.807, 2.05) is 0 Å². The van der Waals surface area contributed by atoms with E-state index in [1.54, 1.807) is 0 Å². The number of nitrogens with zero attached hydrogens (tertiary/aromatic N) is 2. The first-order chi connectivity index (χ1) is 9.31. The van der Waals surface area contributed by atoms with Gasteiger partial charge in [0.2, 0.25) is 5.96 Å². The molecular weight excluding hydrogens is 277 g/mol. The van der Waals surface area contributed by atoms with Gasteiger partial charge in [-0.2, -0.15) is 18.3 Å². The van der Waals surface area contributed by atoms with Gasteiger partial charge in [0.15, 0.2) is 18.1 Å². The van der Waals surface area contributed by atoms with Crippen molar-refractivity contribution in [2.45, 2.75) is 6.18 Å². The summed E-state index contributed by atoms with van der Waals surface area (Å²) in [5.74, 6) is -0.0925. The first-order valence-electron chi connectivity index (χ1n) is 5.31. The van der Waals surface area contributed by atoms with E-state index in [4.69, 9.17) is 16.2 Å². The van der Waals surface area contributed by atoms with E-state index in [0.29, 0.717) is 5.56 Å². The number of hydrogen-bond acceptors (Lipinski definition) is 4. The van der Waals surface area contributed by atoms with Gasteiger partial charge in [-0.05, 0) is 23.8 Å². The Morgan fingerprint density at radius 3 is 2.55 bits per heavy atom. The zero-order chi connectivity index (χ0) is 15.2. The van der Waals surface area contributed by atoms with Crippen LogP contribution in [0.4, 0.5) is 13.2 Å². The van der Waals surface area contributed by atoms with Crippen LogP contribution in [0.3, 0.4) is 0 Å². The Morgan fingerprint density at radius 1 is 1.30 bits per heavy atom. The molecule has 4 N–H and O–H groups in total. The number of ether oxygens (including phenoxy) is 2. The highest BCUT2D eigenvalue weighted by Gasteiger charge is 2.28. The van der Waals surface area contributed by atoms with Crippen molar-refractivity contribution < 1.29 is 22.6 Å². The summed E-state index contributed by atoms with van der Waals surface area (Å²) in [6.45, 7) is -1.40. The number of alkyl halides is 3. The highest BCUT2D eigenvalue weighted by atomic mass is 19.4. The average Bonchev–Trinajstić information content (AvgIpc) is 2.35. The fourth-order valence-electron chi connectivity index (χ4n) is 1.21. The molecule has 0 radical (unpaired) electrons. The van der Waals surface area contributed by atoms with Crippen LogP contribution in [0.15, 0.2) is 28.4 Å². The molecule has 1 aromatic carbocycles. The van der Waals surface area contributed by atoms with Crippen LogP contribution in [0.2, 0.25) is 0 Å². The molecule has 0 bridgehead atoms. The minimum atomic E-state index is -4.42. The molecule has 1 aromatic rings. The number of rotatable bonds is 5. The van der Waals surface area contributed by atoms with Gasteiger partial charge in [-0.15, -0.1) is 5.10 Å². The standard InChI is InChI=1S/C11H13F3N4O2/c1-19-9-4-7(5-17-18-10(15)16)2-3-8(9)20-6-11(12,13)14/h2-5H,6H2,1H3,(H4,15,16,18). The Bertz CT molecular complexity index is 511. The molecule has 0 unspecified atom stereocenters. The normalized spacial score (nSPS) is 11.4. The second kappa shape index (κ2) is 6.64. The molecule has 0 saturated heterocycles. The van der Waals surface area contributed by atoms with Crippen molar-refractivity contribution >= 4 is 12.2 Å². The molecule has 0 aliphatic rings. The first kappa shape index (κ1) is 15.6. The fourth-order valence-corrected chi connectivity index (χ4v) is 1.21. The Hall–Kier alpha value is -2.45. The van der Waals surface area contributed by atoms with Crippen molar-refractivity contribution in [2.24, 2.45) is 21.7 Å². The van der Waals surface area contributed by atoms with Crippen LogP contribution >= 0.6 is 0 Å². The Labute approximate surface area is 112 Å². The Morgan fingerprint density at radius 2 is 2.00 bits per heavy atom. The van der Waals surface area contributed by atoms with E-state index < -0.39 is 12.8 Å². The van der Waals surface area contributed by atoms with Gasteiger partial charge in [0.05, 0.1) is 13.3 Å². The van der Waals surface area contributed by atoms with Crippen LogP contribution in [-0.4, -0.2) is 32.1 Å². The lowest BCUT2D eigenvalue weighted by atomic mass is 10.2. The summed E-state index contributed by atoms with van der Waals surface area (Å²) >= 11 is 0. The van der Waals surface area contributed by atoms with Crippen LogP contribution in [0.25, 0.3) is 0 Å². The van der Waals surface area contributed by atoms with Gasteiger partial charge < -0.3 is 20.9 Å². The van der Waals surface area contributed by atoms with Crippen molar-refractivity contribution in [3.8, 4) is 11.5 Å². The van der Waals surface area contributed by atoms with Crippen molar-refractivity contribution in [1.82, 2.24) is 0 Å². The monoisotopic (exact) mass is 290 g/mol. The molecule has 6 nitrogen and oxygen atoms in total. The molecule has 0 aromatic heterocycles. The van der Waals surface area contributed by atoms with Gasteiger partial charge in [0.25, 0.3) is 0 Å². The van der Waals surface area contributed by atoms with Crippen LogP contribution in [0.5, 0.6) is 11.5 Å². The third-order valence-corrected chi connectivity index (χ3v) is 1.96. The Kier molecular flexibility index (Phi) is 5.18. The minimum absolute atomic E-state index is 0.0242. The molecule has 0 saturated carbocycles. The zero-order valence-electron chi connectivity index (χ0n) is 10.5. The van der Waals surface area contributed by atoms with Gasteiger partial charge in [0.1, 0.15) is 0 Å². The molecule has 0 fully saturated rings. The smallest absolute Gasteiger partial charge is 0.422 e. The third-order valence-electron chi connectivity index (χ3n) is 1.96. The van der Waals surface area contributed by atoms with Crippen LogP contribution < -0.4 is 20.9 Å². The molecular formula is C11H13F3N4O2. The number of guanidine groups is 1. The molecule has 0 heterocycles. The zero-order valence-corrected chi connectivity index (χ0v) is 10.5. The number of methoxy groups -OCH3 is 1. The lowest BCUT2D eigenvalue weighted by molar-refractivity contribution is -0.153. The maximum absolute atomic E-state index is 12.1. The molecule has 0 spiro atoms. The molecule has 0 atom stereocenters. The second-order valence-corrected chi connectivity index (χ2v) is 3.58. The van der Waals surface area contributed by atoms with E-state index in [1.165, 1.54) is 31.5 Å². The van der Waals surface area contributed by atoms with Crippen LogP contribution in [0, 0.1) is 0 Å². The number of benzene rings is 1. The predicted octanol–water partition coefficient (Wildman–Crippen LogP) is 1.24. The minimum Gasteiger partial charge on any atom is -0.493 e. The summed E-state index contributed by atoms with van der Waals surface area (Å²) in [5, 5.41) is 6.96. The summed E-state index contributed by atoms with van der Waals surface area (Å²) in [7, 11) is 1.31.